The van der Waals surface area contributed by atoms with Crippen LogP contribution in [0.25, 0.3) is 0 Å². The summed E-state index contributed by atoms with van der Waals surface area (Å²) >= 11 is 0. The van der Waals surface area contributed by atoms with Crippen molar-refractivity contribution >= 4 is 17.9 Å². The number of allylic oxidation sites excluding steroid dienone is 6. The molecule has 0 amide bonds. The zero-order valence-electron chi connectivity index (χ0n) is 68.6. The Hall–Kier alpha value is -2.49. The van der Waals surface area contributed by atoms with E-state index < -0.39 is 18.4 Å². The lowest BCUT2D eigenvalue weighted by molar-refractivity contribution is -0.870. The van der Waals surface area contributed by atoms with Gasteiger partial charge in [0.15, 0.2) is 6.10 Å². The van der Waals surface area contributed by atoms with Crippen molar-refractivity contribution in [1.82, 2.24) is 0 Å². The monoisotopic (exact) mass is 1420 g/mol. The van der Waals surface area contributed by atoms with Gasteiger partial charge in [-0.15, -0.1) is 0 Å². The first-order valence-corrected chi connectivity index (χ1v) is 45.2. The van der Waals surface area contributed by atoms with Crippen LogP contribution < -0.4 is 0 Å². The van der Waals surface area contributed by atoms with Crippen molar-refractivity contribution in [3.8, 4) is 0 Å². The molecule has 0 radical (unpaired) electrons. The highest BCUT2D eigenvalue weighted by molar-refractivity contribution is 5.71. The summed E-state index contributed by atoms with van der Waals surface area (Å²) in [7, 11) is 6.01. The molecule has 0 saturated heterocycles. The highest BCUT2D eigenvalue weighted by atomic mass is 16.7. The lowest BCUT2D eigenvalue weighted by atomic mass is 10.0. The van der Waals surface area contributed by atoms with Gasteiger partial charge in [0, 0.05) is 12.8 Å². The summed E-state index contributed by atoms with van der Waals surface area (Å²) < 4.78 is 23.1. The van der Waals surface area contributed by atoms with Gasteiger partial charge < -0.3 is 28.5 Å². The maximum Gasteiger partial charge on any atom is 0.361 e. The highest BCUT2D eigenvalue weighted by Gasteiger charge is 2.25. The van der Waals surface area contributed by atoms with Gasteiger partial charge >= 0.3 is 17.9 Å². The van der Waals surface area contributed by atoms with E-state index in [1.54, 1.807) is 0 Å². The van der Waals surface area contributed by atoms with Crippen molar-refractivity contribution in [2.24, 2.45) is 0 Å². The molecule has 9 nitrogen and oxygen atoms in total. The second-order valence-electron chi connectivity index (χ2n) is 32.3. The summed E-state index contributed by atoms with van der Waals surface area (Å²) in [6, 6.07) is 0. The van der Waals surface area contributed by atoms with Gasteiger partial charge in [0.25, 0.3) is 6.29 Å². The number of ether oxygens (including phenoxy) is 4. The molecule has 0 aromatic heterocycles. The number of hydrogen-bond acceptors (Lipinski definition) is 7. The van der Waals surface area contributed by atoms with E-state index in [0.717, 1.165) is 44.9 Å². The van der Waals surface area contributed by atoms with Crippen LogP contribution in [0, 0.1) is 0 Å². The van der Waals surface area contributed by atoms with E-state index in [-0.39, 0.29) is 38.2 Å². The topological polar surface area (TPSA) is 108 Å². The largest absolute Gasteiger partial charge is 0.477 e. The van der Waals surface area contributed by atoms with Crippen LogP contribution in [-0.4, -0.2) is 87.4 Å². The van der Waals surface area contributed by atoms with Crippen LogP contribution in [-0.2, 0) is 33.3 Å². The molecule has 2 atom stereocenters. The first-order valence-electron chi connectivity index (χ1n) is 45.2. The predicted octanol–water partition coefficient (Wildman–Crippen LogP) is 29.4. The van der Waals surface area contributed by atoms with Gasteiger partial charge in [-0.2, -0.15) is 0 Å². The van der Waals surface area contributed by atoms with Gasteiger partial charge in [-0.3, -0.25) is 9.59 Å². The number of aliphatic carboxylic acids is 1. The van der Waals surface area contributed by atoms with E-state index in [2.05, 4.69) is 50.3 Å². The average Bonchev–Trinajstić information content (AvgIpc) is 1.21. The van der Waals surface area contributed by atoms with Crippen molar-refractivity contribution in [3.05, 3.63) is 36.5 Å². The Kier molecular flexibility index (Phi) is 81.1. The van der Waals surface area contributed by atoms with Crippen LogP contribution in [0.2, 0.25) is 0 Å². The van der Waals surface area contributed by atoms with Crippen molar-refractivity contribution in [2.45, 2.75) is 489 Å². The van der Waals surface area contributed by atoms with Gasteiger partial charge in [-0.1, -0.05) is 429 Å². The molecule has 0 bridgehead atoms. The summed E-state index contributed by atoms with van der Waals surface area (Å²) in [5, 5.41) is 9.79. The number of unbranched alkanes of at least 4 members (excludes halogenated alkanes) is 65. The summed E-state index contributed by atoms with van der Waals surface area (Å²) in [6.07, 6.45) is 106. The van der Waals surface area contributed by atoms with E-state index >= 15 is 0 Å². The molecule has 9 heteroatoms. The van der Waals surface area contributed by atoms with Crippen LogP contribution in [0.1, 0.15) is 476 Å². The molecule has 1 N–H and O–H groups in total. The molecule has 0 spiro atoms. The first kappa shape index (κ1) is 98.5. The van der Waals surface area contributed by atoms with E-state index in [4.69, 9.17) is 18.9 Å². The standard InChI is InChI=1S/C92H175NO8/c1-6-8-10-12-14-16-18-20-22-24-26-28-30-32-34-36-38-40-42-44-45-47-49-51-53-55-57-59-61-63-65-67-69-71-73-75-77-79-81-83-90(95)101-88(87-100-92(91(96)97)98-85-84-93(3,4)5)86-99-89(94)82-80-78-76-74-72-70-68-66-64-62-60-58-56-54-52-50-48-46-43-41-39-37-35-33-31-29-27-25-23-21-19-17-15-13-11-9-7-2/h18,20,24-27,88,92H,6-17,19,21-23,28-87H2,1-5H3/p+1/b20-18-,26-24-,27-25-. The van der Waals surface area contributed by atoms with Crippen molar-refractivity contribution < 1.29 is 42.9 Å². The minimum Gasteiger partial charge on any atom is -0.477 e. The zero-order chi connectivity index (χ0) is 73.2. The smallest absolute Gasteiger partial charge is 0.361 e. The Morgan fingerprint density at radius 3 is 0.792 bits per heavy atom. The number of carbonyl (C=O) groups is 3. The van der Waals surface area contributed by atoms with Crippen molar-refractivity contribution in [1.29, 1.82) is 0 Å². The average molecular weight is 1420 g/mol. The summed E-state index contributed by atoms with van der Waals surface area (Å²) in [6.45, 7) is 4.96. The van der Waals surface area contributed by atoms with Crippen LogP contribution >= 0.6 is 0 Å². The number of rotatable bonds is 86. The van der Waals surface area contributed by atoms with E-state index in [0.29, 0.717) is 17.4 Å². The van der Waals surface area contributed by atoms with Crippen molar-refractivity contribution in [2.75, 3.05) is 47.5 Å². The minimum absolute atomic E-state index is 0.174. The third-order valence-corrected chi connectivity index (χ3v) is 20.9. The Bertz CT molecular complexity index is 1760. The third-order valence-electron chi connectivity index (χ3n) is 20.9. The Morgan fingerprint density at radius 1 is 0.297 bits per heavy atom. The van der Waals surface area contributed by atoms with Crippen LogP contribution in [0.3, 0.4) is 0 Å². The molecule has 0 aromatic rings. The van der Waals surface area contributed by atoms with Crippen LogP contribution in [0.15, 0.2) is 36.5 Å². The summed E-state index contributed by atoms with van der Waals surface area (Å²) in [5.74, 6) is -1.96. The quantitative estimate of drug-likeness (QED) is 0.0211. The molecule has 101 heavy (non-hydrogen) atoms. The fourth-order valence-corrected chi connectivity index (χ4v) is 14.0. The number of likely N-dealkylation sites (N-methyl/N-ethyl adjacent to an activating group) is 1. The molecule has 0 saturated carbocycles. The van der Waals surface area contributed by atoms with Gasteiger partial charge in [0.05, 0.1) is 34.4 Å². The number of carbonyl (C=O) groups excluding carboxylic acids is 2. The maximum absolute atomic E-state index is 13.0. The molecule has 2 unspecified atom stereocenters. The predicted molar refractivity (Wildman–Crippen MR) is 438 cm³/mol. The first-order chi connectivity index (χ1) is 49.6. The van der Waals surface area contributed by atoms with Crippen LogP contribution in [0.5, 0.6) is 0 Å². The van der Waals surface area contributed by atoms with E-state index in [9.17, 15) is 19.5 Å². The van der Waals surface area contributed by atoms with Crippen molar-refractivity contribution in [3.63, 3.8) is 0 Å². The van der Waals surface area contributed by atoms with E-state index in [1.807, 2.05) is 21.1 Å². The van der Waals surface area contributed by atoms with E-state index in [1.165, 1.54) is 405 Å². The number of esters is 2. The highest BCUT2D eigenvalue weighted by Crippen LogP contribution is 2.21. The maximum atomic E-state index is 13.0. The number of hydrogen-bond donors (Lipinski definition) is 1. The molecule has 0 heterocycles. The Balaban J connectivity index is 3.89. The SMILES string of the molecule is CCCCCCC/C=C\C/C=C\CCCCCCCCCCCCCCCCCCCCCCCCCCCCCC(=O)OC(COC(=O)CCCCCCCCCCCCCCCCCCCCCCCCCCC/C=C\CCCCCCCCCC)COC(OCC[N+](C)(C)C)C(=O)O. The molecule has 0 aromatic carbocycles. The Labute approximate surface area is 630 Å². The van der Waals surface area contributed by atoms with Gasteiger partial charge in [-0.05, 0) is 70.6 Å². The second kappa shape index (κ2) is 83.2. The third kappa shape index (κ3) is 84.6. The number of quaternary nitrogens is 1. The molecule has 596 valence electrons. The molecule has 0 aliphatic rings. The lowest BCUT2D eigenvalue weighted by Crippen LogP contribution is -2.40. The zero-order valence-corrected chi connectivity index (χ0v) is 68.6. The summed E-state index contributed by atoms with van der Waals surface area (Å²) in [4.78, 5) is 37.8. The molecule has 0 aliphatic carbocycles. The lowest BCUT2D eigenvalue weighted by Gasteiger charge is -2.25. The molecule has 0 aliphatic heterocycles. The van der Waals surface area contributed by atoms with Gasteiger partial charge in [-0.25, -0.2) is 4.79 Å². The fourth-order valence-electron chi connectivity index (χ4n) is 14.0. The summed E-state index contributed by atoms with van der Waals surface area (Å²) in [5.41, 5.74) is 0. The van der Waals surface area contributed by atoms with Crippen LogP contribution in [0.4, 0.5) is 0 Å². The number of carboxylic acid groups (broad SMARTS) is 1. The molecular weight excluding hydrogens is 1250 g/mol. The normalized spacial score (nSPS) is 12.7. The molecule has 0 rings (SSSR count). The van der Waals surface area contributed by atoms with Gasteiger partial charge in [0.2, 0.25) is 0 Å². The molecule has 0 fully saturated rings. The second-order valence-corrected chi connectivity index (χ2v) is 32.3. The Morgan fingerprint density at radius 2 is 0.535 bits per heavy atom. The number of carboxylic acids is 1. The minimum atomic E-state index is -1.51. The number of nitrogens with zero attached hydrogens (tertiary/aromatic N) is 1. The fraction of sp³-hybridized carbons (Fsp3) is 0.902. The van der Waals surface area contributed by atoms with Gasteiger partial charge in [0.1, 0.15) is 13.2 Å². The molecular formula is C92H176NO8+.